The molecule has 21 heavy (non-hydrogen) atoms. The largest absolute Gasteiger partial charge is 0.416 e. The van der Waals surface area contributed by atoms with Crippen LogP contribution in [0.1, 0.15) is 11.1 Å². The molecule has 1 aromatic heterocycles. The van der Waals surface area contributed by atoms with Crippen LogP contribution in [0.15, 0.2) is 36.5 Å². The number of nitrogens with one attached hydrogen (secondary N) is 1. The van der Waals surface area contributed by atoms with Crippen molar-refractivity contribution in [2.45, 2.75) is 6.18 Å². The third-order valence-corrected chi connectivity index (χ3v) is 3.17. The van der Waals surface area contributed by atoms with E-state index in [-0.39, 0.29) is 21.5 Å². The summed E-state index contributed by atoms with van der Waals surface area (Å²) in [5.74, 6) is 0.242. The van der Waals surface area contributed by atoms with Crippen molar-refractivity contribution >= 4 is 40.3 Å². The number of halogens is 4. The lowest BCUT2D eigenvalue weighted by molar-refractivity contribution is -0.137. The Morgan fingerprint density at radius 1 is 1.29 bits per heavy atom. The van der Waals surface area contributed by atoms with Crippen molar-refractivity contribution in [2.75, 3.05) is 5.32 Å². The topological polar surface area (TPSA) is 50.9 Å². The van der Waals surface area contributed by atoms with E-state index in [9.17, 15) is 13.2 Å². The Labute approximate surface area is 128 Å². The number of benzene rings is 1. The first-order valence-corrected chi connectivity index (χ1v) is 6.46. The molecule has 8 heteroatoms. The van der Waals surface area contributed by atoms with E-state index in [1.165, 1.54) is 6.20 Å². The van der Waals surface area contributed by atoms with Gasteiger partial charge in [-0.15, -0.1) is 0 Å². The molecule has 0 radical (unpaired) electrons. The zero-order valence-electron chi connectivity index (χ0n) is 10.4. The summed E-state index contributed by atoms with van der Waals surface area (Å²) in [6, 6.07) is 6.20. The van der Waals surface area contributed by atoms with Crippen molar-refractivity contribution in [1.29, 1.82) is 0 Å². The smallest absolute Gasteiger partial charge is 0.389 e. The summed E-state index contributed by atoms with van der Waals surface area (Å²) in [5.41, 5.74) is 5.22. The predicted molar refractivity (Wildman–Crippen MR) is 79.9 cm³/mol. The molecular weight excluding hydrogens is 323 g/mol. The lowest BCUT2D eigenvalue weighted by Crippen LogP contribution is -2.13. The molecule has 2 aromatic rings. The minimum absolute atomic E-state index is 0.0719. The summed E-state index contributed by atoms with van der Waals surface area (Å²) in [7, 11) is 0. The van der Waals surface area contributed by atoms with Crippen molar-refractivity contribution in [3.8, 4) is 0 Å². The fourth-order valence-electron chi connectivity index (χ4n) is 1.63. The van der Waals surface area contributed by atoms with Gasteiger partial charge in [-0.3, -0.25) is 0 Å². The summed E-state index contributed by atoms with van der Waals surface area (Å²) in [4.78, 5) is 4.09. The molecule has 0 amide bonds. The highest BCUT2D eigenvalue weighted by Crippen LogP contribution is 2.35. The molecule has 0 saturated heterocycles. The highest BCUT2D eigenvalue weighted by atomic mass is 35.5. The molecule has 1 aromatic carbocycles. The lowest BCUT2D eigenvalue weighted by atomic mass is 10.2. The van der Waals surface area contributed by atoms with Gasteiger partial charge in [-0.05, 0) is 30.3 Å². The van der Waals surface area contributed by atoms with Crippen LogP contribution in [0.5, 0.6) is 0 Å². The van der Waals surface area contributed by atoms with Gasteiger partial charge in [-0.25, -0.2) is 4.98 Å². The molecule has 0 atom stereocenters. The van der Waals surface area contributed by atoms with Gasteiger partial charge in [0.25, 0.3) is 0 Å². The van der Waals surface area contributed by atoms with E-state index < -0.39 is 11.7 Å². The highest BCUT2D eigenvalue weighted by molar-refractivity contribution is 7.80. The number of pyridine rings is 1. The number of nitrogens with zero attached hydrogens (tertiary/aromatic N) is 1. The van der Waals surface area contributed by atoms with E-state index in [1.807, 2.05) is 0 Å². The Morgan fingerprint density at radius 3 is 2.62 bits per heavy atom. The molecule has 0 aliphatic carbocycles. The summed E-state index contributed by atoms with van der Waals surface area (Å²) >= 11 is 10.8. The van der Waals surface area contributed by atoms with Crippen molar-refractivity contribution in [3.05, 3.63) is 52.7 Å². The second kappa shape index (κ2) is 5.87. The first-order valence-electron chi connectivity index (χ1n) is 5.67. The molecule has 0 spiro atoms. The van der Waals surface area contributed by atoms with Crippen molar-refractivity contribution < 1.29 is 13.2 Å². The fraction of sp³-hybridized carbons (Fsp3) is 0.0769. The number of hydrogen-bond acceptors (Lipinski definition) is 3. The van der Waals surface area contributed by atoms with E-state index in [0.717, 1.165) is 18.2 Å². The van der Waals surface area contributed by atoms with E-state index in [1.54, 1.807) is 12.1 Å². The molecule has 2 rings (SSSR count). The average molecular weight is 332 g/mol. The van der Waals surface area contributed by atoms with Crippen LogP contribution in [-0.2, 0) is 6.18 Å². The molecule has 0 saturated carbocycles. The van der Waals surface area contributed by atoms with Crippen LogP contribution >= 0.6 is 23.8 Å². The Balaban J connectivity index is 2.43. The zero-order valence-corrected chi connectivity index (χ0v) is 12.0. The molecule has 3 nitrogen and oxygen atoms in total. The van der Waals surface area contributed by atoms with Gasteiger partial charge in [0.2, 0.25) is 0 Å². The van der Waals surface area contributed by atoms with Gasteiger partial charge in [-0.2, -0.15) is 13.2 Å². The zero-order chi connectivity index (χ0) is 15.6. The van der Waals surface area contributed by atoms with Crippen LogP contribution in [-0.4, -0.2) is 9.97 Å². The van der Waals surface area contributed by atoms with Crippen LogP contribution in [0.3, 0.4) is 0 Å². The Bertz CT molecular complexity index is 689. The number of hydrogen-bond donors (Lipinski definition) is 2. The first kappa shape index (κ1) is 15.5. The summed E-state index contributed by atoms with van der Waals surface area (Å²) in [6.07, 6.45) is -3.00. The van der Waals surface area contributed by atoms with E-state index in [2.05, 4.69) is 10.3 Å². The molecule has 0 unspecified atom stereocenters. The maximum absolute atomic E-state index is 12.7. The molecule has 1 heterocycles. The Kier molecular flexibility index (Phi) is 4.34. The van der Waals surface area contributed by atoms with Gasteiger partial charge in [0.1, 0.15) is 10.8 Å². The predicted octanol–water partition coefficient (Wildman–Crippen LogP) is 4.13. The quantitative estimate of drug-likeness (QED) is 0.830. The monoisotopic (exact) mass is 331 g/mol. The number of thiocarbonyl (C=S) groups is 1. The van der Waals surface area contributed by atoms with E-state index >= 15 is 0 Å². The van der Waals surface area contributed by atoms with Crippen LogP contribution in [0.25, 0.3) is 0 Å². The van der Waals surface area contributed by atoms with Crippen molar-refractivity contribution in [2.24, 2.45) is 5.73 Å². The third-order valence-electron chi connectivity index (χ3n) is 2.62. The van der Waals surface area contributed by atoms with E-state index in [0.29, 0.717) is 5.56 Å². The molecule has 3 N–H and O–H groups in total. The number of alkyl halides is 3. The minimum Gasteiger partial charge on any atom is -0.389 e. The second-order valence-corrected chi connectivity index (χ2v) is 4.93. The minimum atomic E-state index is -4.46. The third kappa shape index (κ3) is 3.62. The maximum Gasteiger partial charge on any atom is 0.416 e. The van der Waals surface area contributed by atoms with Crippen LogP contribution in [0.2, 0.25) is 5.02 Å². The second-order valence-electron chi connectivity index (χ2n) is 4.08. The van der Waals surface area contributed by atoms with Crippen molar-refractivity contribution in [3.63, 3.8) is 0 Å². The number of nitrogens with two attached hydrogens (primary N) is 1. The van der Waals surface area contributed by atoms with Crippen LogP contribution < -0.4 is 11.1 Å². The summed E-state index contributed by atoms with van der Waals surface area (Å²) < 4.78 is 38.2. The van der Waals surface area contributed by atoms with Gasteiger partial charge < -0.3 is 11.1 Å². The Morgan fingerprint density at radius 2 is 2.00 bits per heavy atom. The van der Waals surface area contributed by atoms with Gasteiger partial charge >= 0.3 is 6.18 Å². The molecule has 110 valence electrons. The first-order chi connectivity index (χ1) is 9.79. The van der Waals surface area contributed by atoms with Crippen LogP contribution in [0, 0.1) is 0 Å². The summed E-state index contributed by atoms with van der Waals surface area (Å²) in [5, 5.41) is 2.85. The van der Waals surface area contributed by atoms with Gasteiger partial charge in [0.05, 0.1) is 21.8 Å². The molecule has 0 fully saturated rings. The molecule has 0 bridgehead atoms. The summed E-state index contributed by atoms with van der Waals surface area (Å²) in [6.45, 7) is 0. The average Bonchev–Trinajstić information content (AvgIpc) is 2.40. The molecule has 0 aliphatic heterocycles. The molecular formula is C13H9ClF3N3S. The van der Waals surface area contributed by atoms with Gasteiger partial charge in [0, 0.05) is 6.20 Å². The SMILES string of the molecule is NC(=S)c1cccnc1Nc1cc(C(F)(F)F)ccc1Cl. The Hall–Kier alpha value is -1.86. The van der Waals surface area contributed by atoms with E-state index in [4.69, 9.17) is 29.6 Å². The maximum atomic E-state index is 12.7. The highest BCUT2D eigenvalue weighted by Gasteiger charge is 2.31. The normalized spacial score (nSPS) is 11.2. The van der Waals surface area contributed by atoms with Gasteiger partial charge in [0.15, 0.2) is 0 Å². The fourth-order valence-corrected chi connectivity index (χ4v) is 1.96. The lowest BCUT2D eigenvalue weighted by Gasteiger charge is -2.13. The number of rotatable bonds is 3. The molecule has 0 aliphatic rings. The standard InChI is InChI=1S/C13H9ClF3N3S/c14-9-4-3-7(13(15,16)17)6-10(9)20-12-8(11(18)21)2-1-5-19-12/h1-6H,(H2,18,21)(H,19,20). The van der Waals surface area contributed by atoms with Crippen molar-refractivity contribution in [1.82, 2.24) is 4.98 Å². The number of aromatic nitrogens is 1. The van der Waals surface area contributed by atoms with Crippen LogP contribution in [0.4, 0.5) is 24.7 Å². The number of anilines is 2. The van der Waals surface area contributed by atoms with Gasteiger partial charge in [-0.1, -0.05) is 23.8 Å².